The van der Waals surface area contributed by atoms with Gasteiger partial charge in [-0.15, -0.1) is 11.3 Å². The van der Waals surface area contributed by atoms with Crippen molar-refractivity contribution in [1.29, 1.82) is 0 Å². The molecule has 0 radical (unpaired) electrons. The predicted molar refractivity (Wildman–Crippen MR) is 79.5 cm³/mol. The molecule has 2 N–H and O–H groups in total. The Morgan fingerprint density at radius 2 is 2.30 bits per heavy atom. The summed E-state index contributed by atoms with van der Waals surface area (Å²) in [6.45, 7) is 2.98. The van der Waals surface area contributed by atoms with Crippen molar-refractivity contribution in [3.8, 4) is 0 Å². The van der Waals surface area contributed by atoms with Crippen LogP contribution >= 0.6 is 11.3 Å². The first-order valence-corrected chi connectivity index (χ1v) is 8.68. The molecule has 0 unspecified atom stereocenters. The number of hydrogen-bond acceptors (Lipinski definition) is 5. The SMILES string of the molecule is Cc1csc(CNS(=O)(=O)c2ccc3c(c2)NCC3)n1. The lowest BCUT2D eigenvalue weighted by Crippen LogP contribution is -2.23. The van der Waals surface area contributed by atoms with Gasteiger partial charge in [-0.05, 0) is 31.0 Å². The summed E-state index contributed by atoms with van der Waals surface area (Å²) in [6.07, 6.45) is 0.946. The number of sulfonamides is 1. The first kappa shape index (κ1) is 13.5. The van der Waals surface area contributed by atoms with Gasteiger partial charge >= 0.3 is 0 Å². The van der Waals surface area contributed by atoms with Crippen LogP contribution in [0.25, 0.3) is 0 Å². The van der Waals surface area contributed by atoms with Crippen molar-refractivity contribution in [3.05, 3.63) is 39.8 Å². The van der Waals surface area contributed by atoms with Gasteiger partial charge in [-0.1, -0.05) is 6.07 Å². The highest BCUT2D eigenvalue weighted by atomic mass is 32.2. The lowest BCUT2D eigenvalue weighted by molar-refractivity contribution is 0.581. The number of thiazole rings is 1. The van der Waals surface area contributed by atoms with Crippen molar-refractivity contribution in [1.82, 2.24) is 9.71 Å². The summed E-state index contributed by atoms with van der Waals surface area (Å²) < 4.78 is 27.1. The molecular formula is C13H15N3O2S2. The van der Waals surface area contributed by atoms with Crippen molar-refractivity contribution in [2.24, 2.45) is 0 Å². The van der Waals surface area contributed by atoms with Crippen LogP contribution in [0.1, 0.15) is 16.3 Å². The zero-order chi connectivity index (χ0) is 14.2. The molecule has 0 spiro atoms. The summed E-state index contributed by atoms with van der Waals surface area (Å²) in [5, 5.41) is 5.86. The van der Waals surface area contributed by atoms with Crippen LogP contribution in [0.5, 0.6) is 0 Å². The molecule has 0 atom stereocenters. The summed E-state index contributed by atoms with van der Waals surface area (Å²) in [4.78, 5) is 4.54. The molecule has 0 saturated heterocycles. The second-order valence-corrected chi connectivity index (χ2v) is 7.41. The zero-order valence-electron chi connectivity index (χ0n) is 11.0. The minimum absolute atomic E-state index is 0.228. The minimum atomic E-state index is -3.49. The Labute approximate surface area is 122 Å². The van der Waals surface area contributed by atoms with Gasteiger partial charge in [0.05, 0.1) is 11.4 Å². The molecular weight excluding hydrogens is 294 g/mol. The second kappa shape index (κ2) is 5.16. The van der Waals surface area contributed by atoms with E-state index in [-0.39, 0.29) is 6.54 Å². The molecule has 5 nitrogen and oxygen atoms in total. The summed E-state index contributed by atoms with van der Waals surface area (Å²) >= 11 is 1.46. The molecule has 7 heteroatoms. The molecule has 1 aliphatic heterocycles. The largest absolute Gasteiger partial charge is 0.384 e. The van der Waals surface area contributed by atoms with Gasteiger partial charge in [-0.2, -0.15) is 0 Å². The van der Waals surface area contributed by atoms with E-state index in [2.05, 4.69) is 15.0 Å². The van der Waals surface area contributed by atoms with Crippen LogP contribution in [-0.2, 0) is 23.0 Å². The van der Waals surface area contributed by atoms with Crippen LogP contribution in [0.15, 0.2) is 28.5 Å². The van der Waals surface area contributed by atoms with Gasteiger partial charge in [-0.25, -0.2) is 18.1 Å². The van der Waals surface area contributed by atoms with E-state index >= 15 is 0 Å². The van der Waals surface area contributed by atoms with Gasteiger partial charge in [-0.3, -0.25) is 0 Å². The Morgan fingerprint density at radius 3 is 3.05 bits per heavy atom. The smallest absolute Gasteiger partial charge is 0.241 e. The molecule has 20 heavy (non-hydrogen) atoms. The number of benzene rings is 1. The highest BCUT2D eigenvalue weighted by Gasteiger charge is 2.18. The molecule has 0 bridgehead atoms. The fraction of sp³-hybridized carbons (Fsp3) is 0.308. The van der Waals surface area contributed by atoms with Crippen molar-refractivity contribution in [2.45, 2.75) is 24.8 Å². The van der Waals surface area contributed by atoms with E-state index in [0.717, 1.165) is 29.4 Å². The first-order valence-electron chi connectivity index (χ1n) is 6.32. The van der Waals surface area contributed by atoms with E-state index in [1.54, 1.807) is 12.1 Å². The Kier molecular flexibility index (Phi) is 3.49. The molecule has 0 amide bonds. The van der Waals surface area contributed by atoms with Crippen LogP contribution in [-0.4, -0.2) is 19.9 Å². The van der Waals surface area contributed by atoms with Crippen LogP contribution in [0.2, 0.25) is 0 Å². The maximum absolute atomic E-state index is 12.3. The molecule has 1 aliphatic rings. The number of nitrogens with one attached hydrogen (secondary N) is 2. The van der Waals surface area contributed by atoms with Crippen LogP contribution in [0.4, 0.5) is 5.69 Å². The number of hydrogen-bond donors (Lipinski definition) is 2. The average molecular weight is 309 g/mol. The van der Waals surface area contributed by atoms with E-state index in [4.69, 9.17) is 0 Å². The normalized spacial score (nSPS) is 14.1. The van der Waals surface area contributed by atoms with E-state index in [1.807, 2.05) is 18.4 Å². The van der Waals surface area contributed by atoms with Gasteiger partial charge in [0.25, 0.3) is 0 Å². The van der Waals surface area contributed by atoms with Crippen LogP contribution < -0.4 is 10.0 Å². The monoisotopic (exact) mass is 309 g/mol. The van der Waals surface area contributed by atoms with Crippen molar-refractivity contribution < 1.29 is 8.42 Å². The third-order valence-electron chi connectivity index (χ3n) is 3.18. The number of nitrogens with zero attached hydrogens (tertiary/aromatic N) is 1. The molecule has 0 saturated carbocycles. The Balaban J connectivity index is 1.78. The van der Waals surface area contributed by atoms with Crippen LogP contribution in [0, 0.1) is 6.92 Å². The average Bonchev–Trinajstić information content (AvgIpc) is 3.04. The minimum Gasteiger partial charge on any atom is -0.384 e. The summed E-state index contributed by atoms with van der Waals surface area (Å²) in [5.74, 6) is 0. The molecule has 1 aromatic heterocycles. The number of aromatic nitrogens is 1. The highest BCUT2D eigenvalue weighted by molar-refractivity contribution is 7.89. The second-order valence-electron chi connectivity index (χ2n) is 4.70. The Morgan fingerprint density at radius 1 is 1.45 bits per heavy atom. The maximum Gasteiger partial charge on any atom is 0.241 e. The van der Waals surface area contributed by atoms with Crippen molar-refractivity contribution in [2.75, 3.05) is 11.9 Å². The number of fused-ring (bicyclic) bond motifs is 1. The molecule has 3 rings (SSSR count). The van der Waals surface area contributed by atoms with E-state index in [1.165, 1.54) is 16.9 Å². The van der Waals surface area contributed by atoms with Gasteiger partial charge in [0.2, 0.25) is 10.0 Å². The summed E-state index contributed by atoms with van der Waals surface area (Å²) in [5.41, 5.74) is 2.99. The Bertz CT molecular complexity index is 738. The van der Waals surface area contributed by atoms with Gasteiger partial charge in [0.1, 0.15) is 5.01 Å². The lowest BCUT2D eigenvalue weighted by Gasteiger charge is -2.07. The number of rotatable bonds is 4. The number of anilines is 1. The lowest BCUT2D eigenvalue weighted by atomic mass is 10.2. The third kappa shape index (κ3) is 2.70. The van der Waals surface area contributed by atoms with Crippen molar-refractivity contribution >= 4 is 27.0 Å². The van der Waals surface area contributed by atoms with E-state index in [0.29, 0.717) is 4.90 Å². The van der Waals surface area contributed by atoms with E-state index < -0.39 is 10.0 Å². The third-order valence-corrected chi connectivity index (χ3v) is 5.55. The fourth-order valence-electron chi connectivity index (χ4n) is 2.16. The number of aryl methyl sites for hydroxylation is 1. The van der Waals surface area contributed by atoms with E-state index in [9.17, 15) is 8.42 Å². The maximum atomic E-state index is 12.3. The first-order chi connectivity index (χ1) is 9.54. The molecule has 2 aromatic rings. The van der Waals surface area contributed by atoms with Gasteiger partial charge in [0, 0.05) is 23.3 Å². The summed E-state index contributed by atoms with van der Waals surface area (Å²) in [6, 6.07) is 5.22. The van der Waals surface area contributed by atoms with Gasteiger partial charge < -0.3 is 5.32 Å². The molecule has 1 aromatic carbocycles. The topological polar surface area (TPSA) is 71.1 Å². The predicted octanol–water partition coefficient (Wildman–Crippen LogP) is 1.90. The van der Waals surface area contributed by atoms with Crippen molar-refractivity contribution in [3.63, 3.8) is 0 Å². The molecule has 106 valence electrons. The molecule has 0 aliphatic carbocycles. The summed E-state index contributed by atoms with van der Waals surface area (Å²) in [7, 11) is -3.49. The molecule has 2 heterocycles. The fourth-order valence-corrected chi connectivity index (χ4v) is 3.98. The van der Waals surface area contributed by atoms with Crippen LogP contribution in [0.3, 0.4) is 0 Å². The Hall–Kier alpha value is -1.44. The van der Waals surface area contributed by atoms with Gasteiger partial charge in [0.15, 0.2) is 0 Å². The standard InChI is InChI=1S/C13H15N3O2S2/c1-9-8-19-13(16-9)7-15-20(17,18)11-3-2-10-4-5-14-12(10)6-11/h2-3,6,8,14-15H,4-5,7H2,1H3. The zero-order valence-corrected chi connectivity index (χ0v) is 12.6. The molecule has 0 fully saturated rings. The quantitative estimate of drug-likeness (QED) is 0.905. The highest BCUT2D eigenvalue weighted by Crippen LogP contribution is 2.25.